The van der Waals surface area contributed by atoms with Crippen molar-refractivity contribution in [1.82, 2.24) is 10.2 Å². The van der Waals surface area contributed by atoms with Gasteiger partial charge in [0, 0.05) is 5.56 Å². The van der Waals surface area contributed by atoms with Crippen LogP contribution in [-0.2, 0) is 34.1 Å². The normalized spacial score (nSPS) is 25.8. The number of rotatable bonds is 7. The molecule has 1 aliphatic carbocycles. The van der Waals surface area contributed by atoms with Crippen LogP contribution >= 0.6 is 0 Å². The Morgan fingerprint density at radius 3 is 2.08 bits per heavy atom. The van der Waals surface area contributed by atoms with Gasteiger partial charge in [-0.15, -0.1) is 0 Å². The van der Waals surface area contributed by atoms with Crippen LogP contribution in [0, 0.1) is 23.7 Å². The molecule has 0 radical (unpaired) electrons. The number of hydrogen-bond acceptors (Lipinski definition) is 10. The van der Waals surface area contributed by atoms with Crippen LogP contribution in [0.3, 0.4) is 0 Å². The number of hydrogen-bond donors (Lipinski definition) is 4. The largest absolute Gasteiger partial charge is 0.508 e. The van der Waals surface area contributed by atoms with Crippen LogP contribution in [0.15, 0.2) is 103 Å². The first-order valence-corrected chi connectivity index (χ1v) is 21.1. The monoisotopic (exact) mass is 838 g/mol. The lowest BCUT2D eigenvalue weighted by atomic mass is 9.65. The second-order valence-electron chi connectivity index (χ2n) is 17.0. The van der Waals surface area contributed by atoms with E-state index in [4.69, 9.17) is 15.2 Å². The van der Waals surface area contributed by atoms with Crippen molar-refractivity contribution in [3.63, 3.8) is 0 Å². The van der Waals surface area contributed by atoms with Crippen molar-refractivity contribution in [2.75, 3.05) is 12.0 Å². The number of methoxy groups -OCH3 is 1. The molecule has 4 aromatic carbocycles. The molecule has 7 atom stereocenters. The average molecular weight is 839 g/mol. The molecule has 62 heavy (non-hydrogen) atoms. The number of nitrogens with one attached hydrogen (secondary N) is 1. The number of fused-ring (bicyclic) bond motifs is 3. The maximum atomic E-state index is 16.1. The smallest absolute Gasteiger partial charge is 0.329 e. The predicted molar refractivity (Wildman–Crippen MR) is 228 cm³/mol. The number of imide groups is 1. The lowest BCUT2D eigenvalue weighted by Crippen LogP contribution is -2.57. The van der Waals surface area contributed by atoms with Gasteiger partial charge in [0.2, 0.25) is 11.8 Å². The van der Waals surface area contributed by atoms with Crippen LogP contribution in [0.5, 0.6) is 5.75 Å². The summed E-state index contributed by atoms with van der Waals surface area (Å²) in [5.41, 5.74) is 5.53. The second-order valence-corrected chi connectivity index (χ2v) is 17.0. The van der Waals surface area contributed by atoms with Gasteiger partial charge in [-0.3, -0.25) is 19.3 Å². The van der Waals surface area contributed by atoms with Gasteiger partial charge >= 0.3 is 18.0 Å². The minimum atomic E-state index is -2.12. The first kappa shape index (κ1) is 42.2. The topological polar surface area (TPSA) is 189 Å². The lowest BCUT2D eigenvalue weighted by Gasteiger charge is -2.46. The number of nitrogens with two attached hydrogens (primary N) is 1. The number of esters is 2. The molecule has 1 spiro atoms. The Balaban J connectivity index is 1.42. The number of anilines is 1. The number of primary amides is 1. The fraction of sp³-hybridized carbons (Fsp3) is 0.367. The zero-order valence-corrected chi connectivity index (χ0v) is 34.8. The standard InChI is InChI=1S/C49H50N4O9/c1-29(2)38(44(56)61-3)51-47(59)52-36-23-18-30(24-27-48(60)25-12-4-5-13-26-48)28-35(36)49(46(52)58)37(43(50)55)40-45(57)62-41(32-16-10-7-11-17-32)39(31-14-8-6-9-15-31)53(40)42(49)33-19-21-34(54)22-20-33/h6-11,14-23,28-29,37-42,54,60H,4-5,12-13,25-26H2,1-3H3,(H2,50,55)(H,51,59)/t37-,38-,39-,40-,41+,42+,49-/m0/s1. The summed E-state index contributed by atoms with van der Waals surface area (Å²) in [6.45, 7) is 3.43. The quantitative estimate of drug-likeness (QED) is 0.0994. The van der Waals surface area contributed by atoms with Gasteiger partial charge < -0.3 is 30.7 Å². The van der Waals surface area contributed by atoms with E-state index in [9.17, 15) is 29.4 Å². The molecule has 8 rings (SSSR count). The molecule has 4 aliphatic rings. The Labute approximate surface area is 360 Å². The highest BCUT2D eigenvalue weighted by atomic mass is 16.6. The van der Waals surface area contributed by atoms with Crippen molar-refractivity contribution in [2.45, 2.75) is 93.7 Å². The number of aliphatic hydroxyl groups is 1. The average Bonchev–Trinajstić information content (AvgIpc) is 3.61. The number of carbonyl (C=O) groups is 5. The highest BCUT2D eigenvalue weighted by molar-refractivity contribution is 6.25. The zero-order chi connectivity index (χ0) is 43.9. The number of nitrogens with zero attached hydrogens (tertiary/aromatic N) is 2. The number of ether oxygens (including phenoxy) is 2. The van der Waals surface area contributed by atoms with E-state index in [1.54, 1.807) is 44.2 Å². The van der Waals surface area contributed by atoms with Crippen LogP contribution in [-0.4, -0.2) is 69.7 Å². The number of morpholine rings is 1. The number of cyclic esters (lactones) is 1. The number of carbonyl (C=O) groups excluding carboxylic acids is 5. The molecule has 5 N–H and O–H groups in total. The summed E-state index contributed by atoms with van der Waals surface area (Å²) in [6, 6.07) is 23.8. The minimum Gasteiger partial charge on any atom is -0.508 e. The van der Waals surface area contributed by atoms with E-state index in [-0.39, 0.29) is 17.0 Å². The molecule has 3 fully saturated rings. The molecule has 0 bridgehead atoms. The number of phenolic OH excluding ortho intramolecular Hbond substituents is 1. The molecule has 2 saturated heterocycles. The van der Waals surface area contributed by atoms with Crippen LogP contribution in [0.4, 0.5) is 10.5 Å². The maximum absolute atomic E-state index is 16.1. The molecule has 1 saturated carbocycles. The Morgan fingerprint density at radius 2 is 1.48 bits per heavy atom. The van der Waals surface area contributed by atoms with E-state index in [1.807, 2.05) is 65.6 Å². The summed E-state index contributed by atoms with van der Waals surface area (Å²) >= 11 is 0. The molecular weight excluding hydrogens is 789 g/mol. The molecule has 3 aliphatic heterocycles. The van der Waals surface area contributed by atoms with Crippen molar-refractivity contribution in [3.05, 3.63) is 131 Å². The Morgan fingerprint density at radius 1 is 0.855 bits per heavy atom. The third-order valence-corrected chi connectivity index (χ3v) is 12.9. The van der Waals surface area contributed by atoms with E-state index >= 15 is 4.79 Å². The Bertz CT molecular complexity index is 2440. The van der Waals surface area contributed by atoms with Crippen molar-refractivity contribution >= 4 is 35.5 Å². The van der Waals surface area contributed by atoms with Gasteiger partial charge in [-0.25, -0.2) is 14.5 Å². The summed E-state index contributed by atoms with van der Waals surface area (Å²) in [7, 11) is 1.20. The van der Waals surface area contributed by atoms with E-state index < -0.39 is 82.9 Å². The van der Waals surface area contributed by atoms with E-state index in [0.29, 0.717) is 35.1 Å². The molecule has 0 unspecified atom stereocenters. The molecular formula is C49H50N4O9. The molecule has 3 heterocycles. The summed E-state index contributed by atoms with van der Waals surface area (Å²) in [4.78, 5) is 75.8. The Kier molecular flexibility index (Phi) is 11.4. The van der Waals surface area contributed by atoms with Gasteiger partial charge in [0.15, 0.2) is 0 Å². The van der Waals surface area contributed by atoms with Crippen LogP contribution in [0.1, 0.15) is 98.4 Å². The van der Waals surface area contributed by atoms with Crippen molar-refractivity contribution in [1.29, 1.82) is 0 Å². The summed E-state index contributed by atoms with van der Waals surface area (Å²) in [5.74, 6) is 0.664. The molecule has 4 amide bonds. The summed E-state index contributed by atoms with van der Waals surface area (Å²) < 4.78 is 11.4. The summed E-state index contributed by atoms with van der Waals surface area (Å²) in [5, 5.41) is 24.8. The van der Waals surface area contributed by atoms with Crippen molar-refractivity contribution < 1.29 is 43.7 Å². The van der Waals surface area contributed by atoms with E-state index in [1.165, 1.54) is 19.2 Å². The van der Waals surface area contributed by atoms with Crippen LogP contribution in [0.2, 0.25) is 0 Å². The first-order chi connectivity index (χ1) is 29.8. The number of amides is 4. The van der Waals surface area contributed by atoms with Crippen molar-refractivity contribution in [3.8, 4) is 17.6 Å². The highest BCUT2D eigenvalue weighted by Gasteiger charge is 2.75. The van der Waals surface area contributed by atoms with Crippen LogP contribution in [0.25, 0.3) is 0 Å². The molecule has 320 valence electrons. The molecule has 13 nitrogen and oxygen atoms in total. The van der Waals surface area contributed by atoms with Gasteiger partial charge in [-0.2, -0.15) is 0 Å². The van der Waals surface area contributed by atoms with E-state index in [0.717, 1.165) is 30.6 Å². The van der Waals surface area contributed by atoms with Gasteiger partial charge in [-0.05, 0) is 84.2 Å². The third-order valence-electron chi connectivity index (χ3n) is 12.9. The third kappa shape index (κ3) is 7.16. The fourth-order valence-corrected chi connectivity index (χ4v) is 10.1. The molecule has 4 aromatic rings. The lowest BCUT2D eigenvalue weighted by molar-refractivity contribution is -0.178. The maximum Gasteiger partial charge on any atom is 0.329 e. The van der Waals surface area contributed by atoms with Crippen LogP contribution < -0.4 is 16.0 Å². The van der Waals surface area contributed by atoms with Gasteiger partial charge in [0.25, 0.3) is 0 Å². The fourth-order valence-electron chi connectivity index (χ4n) is 10.1. The number of phenols is 1. The predicted octanol–water partition coefficient (Wildman–Crippen LogP) is 5.89. The Hall–Kier alpha value is -6.49. The number of benzene rings is 4. The molecule has 0 aromatic heterocycles. The van der Waals surface area contributed by atoms with Gasteiger partial charge in [0.05, 0.1) is 30.8 Å². The minimum absolute atomic E-state index is 0.0701. The molecule has 13 heteroatoms. The highest BCUT2D eigenvalue weighted by Crippen LogP contribution is 2.65. The van der Waals surface area contributed by atoms with E-state index in [2.05, 4.69) is 17.2 Å². The first-order valence-electron chi connectivity index (χ1n) is 21.1. The summed E-state index contributed by atoms with van der Waals surface area (Å²) in [6.07, 6.45) is 3.65. The zero-order valence-electron chi connectivity index (χ0n) is 34.8. The number of urea groups is 1. The second kappa shape index (κ2) is 16.8. The van der Waals surface area contributed by atoms with Gasteiger partial charge in [0.1, 0.15) is 35.0 Å². The van der Waals surface area contributed by atoms with Crippen molar-refractivity contribution in [2.24, 2.45) is 17.6 Å². The van der Waals surface area contributed by atoms with Gasteiger partial charge in [-0.1, -0.05) is 111 Å². The SMILES string of the molecule is COC(=O)[C@@H](NC(=O)N1C(=O)[C@@]2(c3cc(C#CC4(O)CCCCCC4)ccc31)[C@H](C(N)=O)[C@H]1C(=O)O[C@H](c3ccccc3)[C@H](c3ccccc3)N1[C@@H]2c1ccc(O)cc1)C(C)C. The number of aromatic hydroxyl groups is 1.